The molecule has 1 heterocycles. The van der Waals surface area contributed by atoms with Gasteiger partial charge in [0.1, 0.15) is 0 Å². The van der Waals surface area contributed by atoms with Crippen molar-refractivity contribution in [3.8, 4) is 0 Å². The Bertz CT molecular complexity index is 308. The van der Waals surface area contributed by atoms with E-state index in [9.17, 15) is 5.11 Å². The molecule has 2 rings (SSSR count). The van der Waals surface area contributed by atoms with Gasteiger partial charge >= 0.3 is 0 Å². The van der Waals surface area contributed by atoms with Crippen molar-refractivity contribution >= 4 is 15.9 Å². The second-order valence-electron chi connectivity index (χ2n) is 3.90. The molecule has 0 saturated heterocycles. The Morgan fingerprint density at radius 1 is 1.77 bits per heavy atom. The molecular formula is C9H13BrN2O. The molecule has 1 aliphatic rings. The molecule has 0 aliphatic heterocycles. The van der Waals surface area contributed by atoms with Crippen molar-refractivity contribution in [3.05, 3.63) is 16.9 Å². The van der Waals surface area contributed by atoms with Gasteiger partial charge < -0.3 is 5.11 Å². The van der Waals surface area contributed by atoms with Crippen LogP contribution in [0.25, 0.3) is 0 Å². The first kappa shape index (κ1) is 9.21. The van der Waals surface area contributed by atoms with Crippen LogP contribution in [0.3, 0.4) is 0 Å². The number of aromatic nitrogens is 2. The zero-order valence-electron chi connectivity index (χ0n) is 7.57. The van der Waals surface area contributed by atoms with Crippen LogP contribution in [0.4, 0.5) is 0 Å². The van der Waals surface area contributed by atoms with Gasteiger partial charge in [0.2, 0.25) is 0 Å². The summed E-state index contributed by atoms with van der Waals surface area (Å²) in [7, 11) is 0. The van der Waals surface area contributed by atoms with Gasteiger partial charge in [-0.25, -0.2) is 0 Å². The third kappa shape index (κ3) is 1.65. The zero-order chi connectivity index (χ0) is 9.47. The highest BCUT2D eigenvalue weighted by Crippen LogP contribution is 2.38. The lowest BCUT2D eigenvalue weighted by molar-refractivity contribution is 0.0221. The maximum absolute atomic E-state index is 10.0. The van der Waals surface area contributed by atoms with Crippen molar-refractivity contribution in [3.63, 3.8) is 0 Å². The summed E-state index contributed by atoms with van der Waals surface area (Å²) in [5.41, 5.74) is -0.592. The fourth-order valence-electron chi connectivity index (χ4n) is 2.03. The largest absolute Gasteiger partial charge is 0.388 e. The Morgan fingerprint density at radius 2 is 2.54 bits per heavy atom. The summed E-state index contributed by atoms with van der Waals surface area (Å²) in [5, 5.41) is 14.2. The standard InChI is InChI=1S/C9H13BrN2O/c1-9(13)4-2-3-8(9)12-6-7(10)5-11-12/h5-6,8,13H,2-4H2,1H3/t8-,9-/m1/s1. The molecule has 0 aromatic carbocycles. The topological polar surface area (TPSA) is 38.0 Å². The van der Waals surface area contributed by atoms with Crippen LogP contribution in [0, 0.1) is 0 Å². The molecule has 0 unspecified atom stereocenters. The van der Waals surface area contributed by atoms with Gasteiger partial charge in [-0.2, -0.15) is 5.10 Å². The first-order valence-electron chi connectivity index (χ1n) is 4.52. The fraction of sp³-hybridized carbons (Fsp3) is 0.667. The highest BCUT2D eigenvalue weighted by Gasteiger charge is 2.38. The molecule has 4 heteroatoms. The number of aliphatic hydroxyl groups is 1. The highest BCUT2D eigenvalue weighted by atomic mass is 79.9. The van der Waals surface area contributed by atoms with E-state index in [1.807, 2.05) is 17.8 Å². The number of hydrogen-bond donors (Lipinski definition) is 1. The zero-order valence-corrected chi connectivity index (χ0v) is 9.16. The van der Waals surface area contributed by atoms with Crippen LogP contribution >= 0.6 is 15.9 Å². The Labute approximate surface area is 85.9 Å². The molecule has 2 atom stereocenters. The predicted molar refractivity (Wildman–Crippen MR) is 53.4 cm³/mol. The molecule has 0 amide bonds. The van der Waals surface area contributed by atoms with Gasteiger partial charge in [0.25, 0.3) is 0 Å². The first-order chi connectivity index (χ1) is 6.09. The minimum atomic E-state index is -0.592. The SMILES string of the molecule is C[C@@]1(O)CCC[C@H]1n1cc(Br)cn1. The van der Waals surface area contributed by atoms with Gasteiger partial charge in [0, 0.05) is 6.20 Å². The van der Waals surface area contributed by atoms with Gasteiger partial charge in [-0.15, -0.1) is 0 Å². The molecule has 1 fully saturated rings. The maximum Gasteiger partial charge on any atom is 0.0842 e. The third-order valence-corrected chi connectivity index (χ3v) is 3.18. The molecule has 72 valence electrons. The van der Waals surface area contributed by atoms with Gasteiger partial charge in [-0.1, -0.05) is 0 Å². The lowest BCUT2D eigenvalue weighted by Gasteiger charge is -2.25. The Hall–Kier alpha value is -0.350. The minimum Gasteiger partial charge on any atom is -0.388 e. The molecule has 0 spiro atoms. The van der Waals surface area contributed by atoms with E-state index in [1.54, 1.807) is 6.20 Å². The second-order valence-corrected chi connectivity index (χ2v) is 4.82. The Kier molecular flexibility index (Phi) is 2.20. The van der Waals surface area contributed by atoms with Crippen LogP contribution < -0.4 is 0 Å². The van der Waals surface area contributed by atoms with Crippen LogP contribution in [0.1, 0.15) is 32.2 Å². The molecule has 1 saturated carbocycles. The van der Waals surface area contributed by atoms with E-state index in [-0.39, 0.29) is 6.04 Å². The van der Waals surface area contributed by atoms with Gasteiger partial charge in [-0.3, -0.25) is 4.68 Å². The highest BCUT2D eigenvalue weighted by molar-refractivity contribution is 9.10. The van der Waals surface area contributed by atoms with Crippen molar-refractivity contribution in [2.24, 2.45) is 0 Å². The predicted octanol–water partition coefficient (Wildman–Crippen LogP) is 2.12. The van der Waals surface area contributed by atoms with Crippen LogP contribution in [-0.4, -0.2) is 20.5 Å². The second kappa shape index (κ2) is 3.10. The average molecular weight is 245 g/mol. The maximum atomic E-state index is 10.0. The van der Waals surface area contributed by atoms with Gasteiger partial charge in [-0.05, 0) is 42.1 Å². The van der Waals surface area contributed by atoms with Crippen LogP contribution in [0.15, 0.2) is 16.9 Å². The van der Waals surface area contributed by atoms with Crippen molar-refractivity contribution in [1.82, 2.24) is 9.78 Å². The van der Waals surface area contributed by atoms with Crippen LogP contribution in [0.2, 0.25) is 0 Å². The number of halogens is 1. The third-order valence-electron chi connectivity index (χ3n) is 2.77. The van der Waals surface area contributed by atoms with E-state index < -0.39 is 5.60 Å². The summed E-state index contributed by atoms with van der Waals surface area (Å²) in [5.74, 6) is 0. The van der Waals surface area contributed by atoms with E-state index in [4.69, 9.17) is 0 Å². The first-order valence-corrected chi connectivity index (χ1v) is 5.31. The molecule has 1 aromatic heterocycles. The van der Waals surface area contributed by atoms with Crippen LogP contribution in [-0.2, 0) is 0 Å². The summed E-state index contributed by atoms with van der Waals surface area (Å²) in [6, 6.07) is 0.138. The van der Waals surface area contributed by atoms with Crippen molar-refractivity contribution < 1.29 is 5.11 Å². The Morgan fingerprint density at radius 3 is 3.00 bits per heavy atom. The number of nitrogens with zero attached hydrogens (tertiary/aromatic N) is 2. The Balaban J connectivity index is 2.26. The lowest BCUT2D eigenvalue weighted by Crippen LogP contribution is -2.31. The molecule has 1 N–H and O–H groups in total. The number of hydrogen-bond acceptors (Lipinski definition) is 2. The van der Waals surface area contributed by atoms with Gasteiger partial charge in [0.05, 0.1) is 22.3 Å². The molecule has 0 radical (unpaired) electrons. The molecule has 1 aromatic rings. The summed E-state index contributed by atoms with van der Waals surface area (Å²) < 4.78 is 2.83. The average Bonchev–Trinajstić information content (AvgIpc) is 2.56. The van der Waals surface area contributed by atoms with Gasteiger partial charge in [0.15, 0.2) is 0 Å². The summed E-state index contributed by atoms with van der Waals surface area (Å²) in [6.07, 6.45) is 6.64. The summed E-state index contributed by atoms with van der Waals surface area (Å²) >= 11 is 3.35. The lowest BCUT2D eigenvalue weighted by atomic mass is 10.0. The molecular weight excluding hydrogens is 232 g/mol. The quantitative estimate of drug-likeness (QED) is 0.822. The minimum absolute atomic E-state index is 0.138. The fourth-order valence-corrected chi connectivity index (χ4v) is 2.33. The smallest absolute Gasteiger partial charge is 0.0842 e. The van der Waals surface area contributed by atoms with E-state index in [0.717, 1.165) is 23.7 Å². The van der Waals surface area contributed by atoms with E-state index in [2.05, 4.69) is 21.0 Å². The molecule has 3 nitrogen and oxygen atoms in total. The molecule has 13 heavy (non-hydrogen) atoms. The normalized spacial score (nSPS) is 33.9. The number of rotatable bonds is 1. The van der Waals surface area contributed by atoms with E-state index in [1.165, 1.54) is 0 Å². The molecule has 1 aliphatic carbocycles. The van der Waals surface area contributed by atoms with E-state index in [0.29, 0.717) is 0 Å². The van der Waals surface area contributed by atoms with Crippen molar-refractivity contribution in [2.75, 3.05) is 0 Å². The summed E-state index contributed by atoms with van der Waals surface area (Å²) in [6.45, 7) is 1.89. The monoisotopic (exact) mass is 244 g/mol. The summed E-state index contributed by atoms with van der Waals surface area (Å²) in [4.78, 5) is 0. The van der Waals surface area contributed by atoms with Crippen molar-refractivity contribution in [2.45, 2.75) is 37.8 Å². The van der Waals surface area contributed by atoms with Crippen LogP contribution in [0.5, 0.6) is 0 Å². The van der Waals surface area contributed by atoms with E-state index >= 15 is 0 Å². The van der Waals surface area contributed by atoms with Crippen molar-refractivity contribution in [1.29, 1.82) is 0 Å². The molecule has 0 bridgehead atoms.